The van der Waals surface area contributed by atoms with Crippen molar-refractivity contribution in [3.63, 3.8) is 0 Å². The number of rotatable bonds is 9. The number of sulfonamides is 1. The molecule has 0 fully saturated rings. The fourth-order valence-corrected chi connectivity index (χ4v) is 3.24. The molecule has 0 atom stereocenters. The normalized spacial score (nSPS) is 11.2. The van der Waals surface area contributed by atoms with E-state index in [1.165, 1.54) is 0 Å². The first-order chi connectivity index (χ1) is 13.9. The van der Waals surface area contributed by atoms with Gasteiger partial charge < -0.3 is 10.6 Å². The maximum atomic E-state index is 11.1. The van der Waals surface area contributed by atoms with Crippen LogP contribution in [0, 0.1) is 6.92 Å². The van der Waals surface area contributed by atoms with Crippen molar-refractivity contribution in [1.29, 1.82) is 0 Å². The fraction of sp³-hybridized carbons (Fsp3) is 0.250. The molecule has 8 nitrogen and oxygen atoms in total. The zero-order valence-electron chi connectivity index (χ0n) is 16.4. The van der Waals surface area contributed by atoms with Crippen molar-refractivity contribution >= 4 is 27.5 Å². The highest BCUT2D eigenvalue weighted by molar-refractivity contribution is 7.88. The lowest BCUT2D eigenvalue weighted by molar-refractivity contribution is 0.586. The van der Waals surface area contributed by atoms with E-state index in [0.717, 1.165) is 28.8 Å². The van der Waals surface area contributed by atoms with Gasteiger partial charge in [0.2, 0.25) is 16.0 Å². The Bertz CT molecular complexity index is 1070. The number of benzene rings is 1. The van der Waals surface area contributed by atoms with E-state index < -0.39 is 10.0 Å². The second-order valence-corrected chi connectivity index (χ2v) is 8.44. The number of hydrogen-bond acceptors (Lipinski definition) is 7. The summed E-state index contributed by atoms with van der Waals surface area (Å²) < 4.78 is 24.7. The van der Waals surface area contributed by atoms with Crippen molar-refractivity contribution < 1.29 is 8.42 Å². The summed E-state index contributed by atoms with van der Waals surface area (Å²) in [5.41, 5.74) is 3.65. The van der Waals surface area contributed by atoms with Crippen molar-refractivity contribution in [3.05, 3.63) is 60.4 Å². The van der Waals surface area contributed by atoms with E-state index in [-0.39, 0.29) is 0 Å². The van der Waals surface area contributed by atoms with Crippen LogP contribution < -0.4 is 15.4 Å². The standard InChI is InChI=1S/C20H24N6O2S/c1-15-6-3-7-16(14-15)25-20-23-13-9-18(26-20)17-8-4-10-21-19(17)22-11-5-12-24-29(2,27)28/h3-4,6-10,13-14,24H,5,11-12H2,1-2H3,(H,21,22)(H,23,25,26). The Balaban J connectivity index is 1.70. The van der Waals surface area contributed by atoms with Gasteiger partial charge >= 0.3 is 0 Å². The Labute approximate surface area is 170 Å². The maximum Gasteiger partial charge on any atom is 0.227 e. The third-order valence-electron chi connectivity index (χ3n) is 4.02. The van der Waals surface area contributed by atoms with Gasteiger partial charge in [0.25, 0.3) is 0 Å². The van der Waals surface area contributed by atoms with Crippen LogP contribution in [0.15, 0.2) is 54.9 Å². The Hall–Kier alpha value is -3.04. The zero-order valence-corrected chi connectivity index (χ0v) is 17.2. The van der Waals surface area contributed by atoms with Crippen molar-refractivity contribution in [2.75, 3.05) is 30.0 Å². The van der Waals surface area contributed by atoms with E-state index in [4.69, 9.17) is 0 Å². The number of aromatic nitrogens is 3. The van der Waals surface area contributed by atoms with Crippen LogP contribution in [0.3, 0.4) is 0 Å². The van der Waals surface area contributed by atoms with Gasteiger partial charge in [-0.05, 0) is 49.2 Å². The number of anilines is 3. The molecule has 0 aliphatic heterocycles. The topological polar surface area (TPSA) is 109 Å². The average Bonchev–Trinajstić information content (AvgIpc) is 2.67. The number of hydrogen-bond donors (Lipinski definition) is 3. The lowest BCUT2D eigenvalue weighted by atomic mass is 10.2. The Morgan fingerprint density at radius 1 is 1.00 bits per heavy atom. The maximum absolute atomic E-state index is 11.1. The molecule has 2 aromatic heterocycles. The third-order valence-corrected chi connectivity index (χ3v) is 4.75. The van der Waals surface area contributed by atoms with E-state index >= 15 is 0 Å². The average molecular weight is 413 g/mol. The van der Waals surface area contributed by atoms with E-state index in [1.807, 2.05) is 49.4 Å². The number of nitrogens with zero attached hydrogens (tertiary/aromatic N) is 3. The molecule has 3 N–H and O–H groups in total. The van der Waals surface area contributed by atoms with E-state index in [2.05, 4.69) is 30.3 Å². The fourth-order valence-electron chi connectivity index (χ4n) is 2.73. The summed E-state index contributed by atoms with van der Waals surface area (Å²) in [7, 11) is -3.17. The highest BCUT2D eigenvalue weighted by Gasteiger charge is 2.09. The van der Waals surface area contributed by atoms with E-state index in [0.29, 0.717) is 31.3 Å². The molecule has 0 saturated carbocycles. The second kappa shape index (κ2) is 9.44. The molecule has 0 saturated heterocycles. The van der Waals surface area contributed by atoms with Crippen LogP contribution in [0.5, 0.6) is 0 Å². The lowest BCUT2D eigenvalue weighted by Gasteiger charge is -2.12. The Morgan fingerprint density at radius 2 is 1.86 bits per heavy atom. The van der Waals surface area contributed by atoms with Crippen LogP contribution in [-0.2, 0) is 10.0 Å². The van der Waals surface area contributed by atoms with Crippen molar-refractivity contribution in [3.8, 4) is 11.3 Å². The molecule has 3 rings (SSSR count). The molecule has 1 aromatic carbocycles. The third kappa shape index (κ3) is 6.51. The van der Waals surface area contributed by atoms with Crippen molar-refractivity contribution in [2.45, 2.75) is 13.3 Å². The van der Waals surface area contributed by atoms with E-state index in [1.54, 1.807) is 12.4 Å². The summed E-state index contributed by atoms with van der Waals surface area (Å²) in [5, 5.41) is 6.47. The molecule has 2 heterocycles. The van der Waals surface area contributed by atoms with Crippen LogP contribution in [0.2, 0.25) is 0 Å². The first-order valence-corrected chi connectivity index (χ1v) is 11.1. The van der Waals surface area contributed by atoms with Crippen LogP contribution >= 0.6 is 0 Å². The van der Waals surface area contributed by atoms with E-state index in [9.17, 15) is 8.42 Å². The first-order valence-electron chi connectivity index (χ1n) is 9.21. The molecule has 0 aliphatic carbocycles. The van der Waals surface area contributed by atoms with Gasteiger partial charge in [-0.3, -0.25) is 0 Å². The molecule has 0 amide bonds. The van der Waals surface area contributed by atoms with Crippen LogP contribution in [0.1, 0.15) is 12.0 Å². The molecular formula is C20H24N6O2S. The molecule has 9 heteroatoms. The summed E-state index contributed by atoms with van der Waals surface area (Å²) in [6.07, 6.45) is 5.18. The van der Waals surface area contributed by atoms with Crippen molar-refractivity contribution in [1.82, 2.24) is 19.7 Å². The van der Waals surface area contributed by atoms with Crippen molar-refractivity contribution in [2.24, 2.45) is 0 Å². The minimum absolute atomic E-state index is 0.367. The van der Waals surface area contributed by atoms with Gasteiger partial charge in [-0.25, -0.2) is 28.1 Å². The van der Waals surface area contributed by atoms with Gasteiger partial charge in [-0.1, -0.05) is 12.1 Å². The number of nitrogens with one attached hydrogen (secondary N) is 3. The second-order valence-electron chi connectivity index (χ2n) is 6.61. The highest BCUT2D eigenvalue weighted by atomic mass is 32.2. The molecule has 3 aromatic rings. The number of pyridine rings is 1. The predicted octanol–water partition coefficient (Wildman–Crippen LogP) is 2.94. The summed E-state index contributed by atoms with van der Waals surface area (Å²) in [6.45, 7) is 2.97. The van der Waals surface area contributed by atoms with Gasteiger partial charge in [0.05, 0.1) is 11.9 Å². The summed E-state index contributed by atoms with van der Waals surface area (Å²) in [6, 6.07) is 13.6. The molecular weight excluding hydrogens is 388 g/mol. The lowest BCUT2D eigenvalue weighted by Crippen LogP contribution is -2.24. The molecule has 0 radical (unpaired) electrons. The molecule has 0 spiro atoms. The van der Waals surface area contributed by atoms with Crippen LogP contribution in [-0.4, -0.2) is 42.7 Å². The van der Waals surface area contributed by atoms with Crippen LogP contribution in [0.25, 0.3) is 11.3 Å². The van der Waals surface area contributed by atoms with Gasteiger partial charge in [0.1, 0.15) is 5.82 Å². The molecule has 152 valence electrons. The zero-order chi connectivity index (χ0) is 20.7. The SMILES string of the molecule is Cc1cccc(Nc2nccc(-c3cccnc3NCCCNS(C)(=O)=O)n2)c1. The van der Waals surface area contributed by atoms with Gasteiger partial charge in [-0.2, -0.15) is 0 Å². The summed E-state index contributed by atoms with van der Waals surface area (Å²) in [5.74, 6) is 1.19. The monoisotopic (exact) mass is 412 g/mol. The first kappa shape index (κ1) is 20.7. The minimum atomic E-state index is -3.17. The molecule has 0 unspecified atom stereocenters. The molecule has 29 heavy (non-hydrogen) atoms. The Morgan fingerprint density at radius 3 is 2.66 bits per heavy atom. The van der Waals surface area contributed by atoms with Crippen LogP contribution in [0.4, 0.5) is 17.5 Å². The molecule has 0 bridgehead atoms. The number of aryl methyl sites for hydroxylation is 1. The summed E-state index contributed by atoms with van der Waals surface area (Å²) in [4.78, 5) is 13.3. The van der Waals surface area contributed by atoms with Gasteiger partial charge in [0, 0.05) is 36.7 Å². The quantitative estimate of drug-likeness (QED) is 0.464. The van der Waals surface area contributed by atoms with Gasteiger partial charge in [-0.15, -0.1) is 0 Å². The largest absolute Gasteiger partial charge is 0.369 e. The Kier molecular flexibility index (Phi) is 6.73. The smallest absolute Gasteiger partial charge is 0.227 e. The summed E-state index contributed by atoms with van der Waals surface area (Å²) >= 11 is 0. The minimum Gasteiger partial charge on any atom is -0.369 e. The van der Waals surface area contributed by atoms with Gasteiger partial charge in [0.15, 0.2) is 0 Å². The molecule has 0 aliphatic rings. The predicted molar refractivity (Wildman–Crippen MR) is 116 cm³/mol. The highest BCUT2D eigenvalue weighted by Crippen LogP contribution is 2.25.